The molecule has 0 bridgehead atoms. The van der Waals surface area contributed by atoms with E-state index in [0.717, 1.165) is 11.3 Å². The molecule has 0 spiro atoms. The van der Waals surface area contributed by atoms with Gasteiger partial charge in [0.2, 0.25) is 5.91 Å². The summed E-state index contributed by atoms with van der Waals surface area (Å²) in [5.74, 6) is 2.26. The maximum Gasteiger partial charge on any atom is 0.235 e. The van der Waals surface area contributed by atoms with Crippen molar-refractivity contribution in [1.29, 1.82) is 0 Å². The van der Waals surface area contributed by atoms with Crippen LogP contribution in [-0.2, 0) is 4.79 Å². The molecule has 0 aliphatic carbocycles. The van der Waals surface area contributed by atoms with Crippen LogP contribution in [0.5, 0.6) is 0 Å². The second-order valence-electron chi connectivity index (χ2n) is 4.20. The Labute approximate surface area is 122 Å². The lowest BCUT2D eigenvalue weighted by Crippen LogP contribution is -2.14. The van der Waals surface area contributed by atoms with Crippen LogP contribution in [0.3, 0.4) is 0 Å². The molecule has 5 heteroatoms. The average Bonchev–Trinajstić information content (AvgIpc) is 2.85. The smallest absolute Gasteiger partial charge is 0.235 e. The van der Waals surface area contributed by atoms with Crippen LogP contribution in [0.2, 0.25) is 0 Å². The first-order chi connectivity index (χ1) is 9.74. The molecule has 0 saturated carbocycles. The Balaban J connectivity index is 1.66. The molecule has 1 aromatic carbocycles. The molecule has 0 radical (unpaired) electrons. The number of benzene rings is 1. The highest BCUT2D eigenvalue weighted by atomic mass is 32.2. The van der Waals surface area contributed by atoms with Crippen molar-refractivity contribution in [3.8, 4) is 0 Å². The molecule has 0 fully saturated rings. The van der Waals surface area contributed by atoms with Gasteiger partial charge in [0.15, 0.2) is 5.82 Å². The van der Waals surface area contributed by atoms with Crippen molar-refractivity contribution in [3.63, 3.8) is 0 Å². The van der Waals surface area contributed by atoms with E-state index in [-0.39, 0.29) is 5.91 Å². The maximum absolute atomic E-state index is 11.6. The number of aryl methyl sites for hydroxylation is 1. The Hall–Kier alpha value is -2.01. The first kappa shape index (κ1) is 14.4. The number of amides is 1. The minimum Gasteiger partial charge on any atom is -0.360 e. The highest BCUT2D eigenvalue weighted by molar-refractivity contribution is 8.00. The van der Waals surface area contributed by atoms with Gasteiger partial charge in [-0.3, -0.25) is 4.79 Å². The summed E-state index contributed by atoms with van der Waals surface area (Å²) in [5.41, 5.74) is 1.16. The Morgan fingerprint density at radius 2 is 2.20 bits per heavy atom. The molecule has 2 aromatic rings. The normalized spacial score (nSPS) is 10.8. The Morgan fingerprint density at radius 3 is 2.90 bits per heavy atom. The molecule has 1 heterocycles. The van der Waals surface area contributed by atoms with Gasteiger partial charge < -0.3 is 9.84 Å². The number of thioether (sulfide) groups is 1. The monoisotopic (exact) mass is 288 g/mol. The molecule has 4 nitrogen and oxygen atoms in total. The number of nitrogens with one attached hydrogen (secondary N) is 1. The van der Waals surface area contributed by atoms with Crippen molar-refractivity contribution in [2.75, 3.05) is 16.8 Å². The molecule has 0 unspecified atom stereocenters. The van der Waals surface area contributed by atoms with Crippen molar-refractivity contribution in [1.82, 2.24) is 5.16 Å². The summed E-state index contributed by atoms with van der Waals surface area (Å²) in [7, 11) is 0. The van der Waals surface area contributed by atoms with Crippen LogP contribution in [-0.4, -0.2) is 22.6 Å². The first-order valence-electron chi connectivity index (χ1n) is 6.26. The van der Waals surface area contributed by atoms with E-state index in [0.29, 0.717) is 17.3 Å². The van der Waals surface area contributed by atoms with Crippen molar-refractivity contribution in [3.05, 3.63) is 53.8 Å². The molecule has 1 aromatic heterocycles. The summed E-state index contributed by atoms with van der Waals surface area (Å²) in [6, 6.07) is 11.8. The van der Waals surface area contributed by atoms with E-state index in [4.69, 9.17) is 4.52 Å². The van der Waals surface area contributed by atoms with Crippen LogP contribution >= 0.6 is 11.8 Å². The van der Waals surface area contributed by atoms with E-state index >= 15 is 0 Å². The van der Waals surface area contributed by atoms with Crippen molar-refractivity contribution >= 4 is 29.6 Å². The lowest BCUT2D eigenvalue weighted by molar-refractivity contribution is -0.113. The predicted octanol–water partition coefficient (Wildman–Crippen LogP) is 3.37. The van der Waals surface area contributed by atoms with Gasteiger partial charge in [0.25, 0.3) is 0 Å². The Morgan fingerprint density at radius 1 is 1.40 bits per heavy atom. The predicted molar refractivity (Wildman–Crippen MR) is 82.7 cm³/mol. The number of aromatic nitrogens is 1. The summed E-state index contributed by atoms with van der Waals surface area (Å²) in [6.07, 6.45) is 4.10. The Bertz CT molecular complexity index is 579. The Kier molecular flexibility index (Phi) is 5.43. The molecular weight excluding hydrogens is 272 g/mol. The van der Waals surface area contributed by atoms with Crippen LogP contribution in [0, 0.1) is 6.92 Å². The minimum absolute atomic E-state index is 0.0728. The molecule has 0 atom stereocenters. The summed E-state index contributed by atoms with van der Waals surface area (Å²) >= 11 is 1.55. The topological polar surface area (TPSA) is 55.1 Å². The average molecular weight is 288 g/mol. The minimum atomic E-state index is -0.0728. The zero-order valence-electron chi connectivity index (χ0n) is 11.2. The van der Waals surface area contributed by atoms with Gasteiger partial charge in [-0.1, -0.05) is 47.6 Å². The van der Waals surface area contributed by atoms with Gasteiger partial charge in [0, 0.05) is 11.8 Å². The van der Waals surface area contributed by atoms with E-state index in [9.17, 15) is 4.79 Å². The van der Waals surface area contributed by atoms with Gasteiger partial charge in [-0.15, -0.1) is 11.8 Å². The molecular formula is C15H16N2O2S. The second kappa shape index (κ2) is 7.55. The third-order valence-corrected chi connectivity index (χ3v) is 3.35. The number of hydrogen-bond acceptors (Lipinski definition) is 4. The summed E-state index contributed by atoms with van der Waals surface area (Å²) in [4.78, 5) is 11.6. The maximum atomic E-state index is 11.6. The quantitative estimate of drug-likeness (QED) is 0.828. The summed E-state index contributed by atoms with van der Waals surface area (Å²) < 4.78 is 4.87. The standard InChI is InChI=1S/C15H16N2O2S/c1-12-10-14(17-19-12)16-15(18)11-20-9-5-8-13-6-3-2-4-7-13/h2-8,10H,9,11H2,1H3,(H,16,17,18)/b8-5+. The van der Waals surface area contributed by atoms with Gasteiger partial charge in [-0.05, 0) is 12.5 Å². The van der Waals surface area contributed by atoms with Gasteiger partial charge in [-0.2, -0.15) is 0 Å². The summed E-state index contributed by atoms with van der Waals surface area (Å²) in [5, 5.41) is 6.39. The third-order valence-electron chi connectivity index (χ3n) is 2.45. The molecule has 1 N–H and O–H groups in total. The molecule has 0 aliphatic heterocycles. The zero-order valence-corrected chi connectivity index (χ0v) is 12.0. The SMILES string of the molecule is Cc1cc(NC(=O)CSC/C=C/c2ccccc2)no1. The van der Waals surface area contributed by atoms with Crippen LogP contribution < -0.4 is 5.32 Å². The number of anilines is 1. The van der Waals surface area contributed by atoms with Crippen LogP contribution in [0.1, 0.15) is 11.3 Å². The van der Waals surface area contributed by atoms with E-state index in [1.54, 1.807) is 24.8 Å². The van der Waals surface area contributed by atoms with Gasteiger partial charge in [0.1, 0.15) is 5.76 Å². The lowest BCUT2D eigenvalue weighted by atomic mass is 10.2. The fraction of sp³-hybridized carbons (Fsp3) is 0.200. The lowest BCUT2D eigenvalue weighted by Gasteiger charge is -1.99. The molecule has 104 valence electrons. The number of carbonyl (C=O) groups excluding carboxylic acids is 1. The third kappa shape index (κ3) is 4.93. The molecule has 0 aliphatic rings. The van der Waals surface area contributed by atoms with E-state index < -0.39 is 0 Å². The second-order valence-corrected chi connectivity index (χ2v) is 5.23. The van der Waals surface area contributed by atoms with Crippen LogP contribution in [0.4, 0.5) is 5.82 Å². The fourth-order valence-corrected chi connectivity index (χ4v) is 2.18. The number of nitrogens with zero attached hydrogens (tertiary/aromatic N) is 1. The largest absolute Gasteiger partial charge is 0.360 e. The van der Waals surface area contributed by atoms with Crippen LogP contribution in [0.25, 0.3) is 6.08 Å². The van der Waals surface area contributed by atoms with Crippen LogP contribution in [0.15, 0.2) is 47.0 Å². The van der Waals surface area contributed by atoms with Crippen molar-refractivity contribution in [2.45, 2.75) is 6.92 Å². The van der Waals surface area contributed by atoms with E-state index in [1.807, 2.05) is 42.5 Å². The van der Waals surface area contributed by atoms with Gasteiger partial charge in [-0.25, -0.2) is 0 Å². The van der Waals surface area contributed by atoms with Gasteiger partial charge in [0.05, 0.1) is 5.75 Å². The van der Waals surface area contributed by atoms with E-state index in [2.05, 4.69) is 10.5 Å². The number of carbonyl (C=O) groups is 1. The first-order valence-corrected chi connectivity index (χ1v) is 7.42. The van der Waals surface area contributed by atoms with Crippen molar-refractivity contribution in [2.24, 2.45) is 0 Å². The number of hydrogen-bond donors (Lipinski definition) is 1. The highest BCUT2D eigenvalue weighted by Gasteiger charge is 2.05. The summed E-state index contributed by atoms with van der Waals surface area (Å²) in [6.45, 7) is 1.78. The van der Waals surface area contributed by atoms with Gasteiger partial charge >= 0.3 is 0 Å². The fourth-order valence-electron chi connectivity index (χ4n) is 1.57. The molecule has 20 heavy (non-hydrogen) atoms. The molecule has 0 saturated heterocycles. The molecule has 2 rings (SSSR count). The van der Waals surface area contributed by atoms with Crippen molar-refractivity contribution < 1.29 is 9.32 Å². The number of rotatable bonds is 6. The van der Waals surface area contributed by atoms with E-state index in [1.165, 1.54) is 0 Å². The highest BCUT2D eigenvalue weighted by Crippen LogP contribution is 2.09. The zero-order chi connectivity index (χ0) is 14.2. The molecule has 1 amide bonds.